The lowest BCUT2D eigenvalue weighted by molar-refractivity contribution is 1.20. The number of nitrogens with zero attached hydrogens (tertiary/aromatic N) is 2. The zero-order chi connectivity index (χ0) is 16.3. The number of hydrogen-bond donors (Lipinski definition) is 0. The van der Waals surface area contributed by atoms with Gasteiger partial charge in [0.2, 0.25) is 0 Å². The number of benzene rings is 2. The molecular weight excluding hydrogens is 268 g/mol. The standard InChI is InChI=1S/C20H24N2/c1-13-7-9-19(15(3)11-13)17(5)21-22-18(6)20-10-8-14(2)12-16(20)4/h7-12H,1-6H3/b21-17+,22-18+. The van der Waals surface area contributed by atoms with Crippen molar-refractivity contribution in [3.63, 3.8) is 0 Å². The first kappa shape index (κ1) is 16.2. The molecule has 0 spiro atoms. The lowest BCUT2D eigenvalue weighted by Crippen LogP contribution is -2.01. The lowest BCUT2D eigenvalue weighted by Gasteiger charge is -2.07. The minimum absolute atomic E-state index is 0.946. The van der Waals surface area contributed by atoms with E-state index in [4.69, 9.17) is 0 Å². The van der Waals surface area contributed by atoms with E-state index in [1.807, 2.05) is 13.8 Å². The number of aryl methyl sites for hydroxylation is 4. The second-order valence-corrected chi connectivity index (χ2v) is 6.01. The van der Waals surface area contributed by atoms with Gasteiger partial charge < -0.3 is 0 Å². The van der Waals surface area contributed by atoms with Crippen LogP contribution in [-0.2, 0) is 0 Å². The van der Waals surface area contributed by atoms with Gasteiger partial charge in [0.25, 0.3) is 0 Å². The van der Waals surface area contributed by atoms with E-state index in [1.54, 1.807) is 0 Å². The van der Waals surface area contributed by atoms with E-state index in [9.17, 15) is 0 Å². The fourth-order valence-corrected chi connectivity index (χ4v) is 2.70. The van der Waals surface area contributed by atoms with Crippen LogP contribution in [0.15, 0.2) is 46.6 Å². The monoisotopic (exact) mass is 292 g/mol. The molecule has 0 unspecified atom stereocenters. The van der Waals surface area contributed by atoms with Gasteiger partial charge in [-0.3, -0.25) is 0 Å². The molecule has 2 rings (SSSR count). The fourth-order valence-electron chi connectivity index (χ4n) is 2.70. The van der Waals surface area contributed by atoms with Gasteiger partial charge in [0.05, 0.1) is 11.4 Å². The number of rotatable bonds is 3. The van der Waals surface area contributed by atoms with Crippen LogP contribution < -0.4 is 0 Å². The Labute approximate surface area is 133 Å². The molecule has 2 aromatic rings. The summed E-state index contributed by atoms with van der Waals surface area (Å²) in [5.74, 6) is 0. The van der Waals surface area contributed by atoms with Gasteiger partial charge in [-0.2, -0.15) is 10.2 Å². The zero-order valence-corrected chi connectivity index (χ0v) is 14.4. The van der Waals surface area contributed by atoms with Gasteiger partial charge in [-0.15, -0.1) is 0 Å². The van der Waals surface area contributed by atoms with E-state index in [1.165, 1.54) is 22.3 Å². The highest BCUT2D eigenvalue weighted by Crippen LogP contribution is 2.14. The van der Waals surface area contributed by atoms with Crippen molar-refractivity contribution < 1.29 is 0 Å². The van der Waals surface area contributed by atoms with Gasteiger partial charge in [-0.25, -0.2) is 0 Å². The van der Waals surface area contributed by atoms with E-state index in [0.717, 1.165) is 22.6 Å². The summed E-state index contributed by atoms with van der Waals surface area (Å²) in [5.41, 5.74) is 9.21. The van der Waals surface area contributed by atoms with Crippen molar-refractivity contribution in [1.82, 2.24) is 0 Å². The van der Waals surface area contributed by atoms with E-state index in [2.05, 4.69) is 74.3 Å². The maximum absolute atomic E-state index is 4.43. The second-order valence-electron chi connectivity index (χ2n) is 6.01. The molecule has 0 radical (unpaired) electrons. The molecule has 0 saturated carbocycles. The summed E-state index contributed by atoms with van der Waals surface area (Å²) in [5, 5.41) is 8.86. The molecule has 2 aromatic carbocycles. The average molecular weight is 292 g/mol. The van der Waals surface area contributed by atoms with Crippen LogP contribution in [0.2, 0.25) is 0 Å². The summed E-state index contributed by atoms with van der Waals surface area (Å²) in [7, 11) is 0. The third-order valence-electron chi connectivity index (χ3n) is 3.89. The number of hydrogen-bond acceptors (Lipinski definition) is 2. The Hall–Kier alpha value is -2.22. The van der Waals surface area contributed by atoms with Crippen LogP contribution in [0.25, 0.3) is 0 Å². The second kappa shape index (κ2) is 6.69. The van der Waals surface area contributed by atoms with Crippen LogP contribution in [0.1, 0.15) is 47.2 Å². The van der Waals surface area contributed by atoms with Crippen molar-refractivity contribution in [1.29, 1.82) is 0 Å². The van der Waals surface area contributed by atoms with Crippen molar-refractivity contribution >= 4 is 11.4 Å². The molecule has 0 amide bonds. The Morgan fingerprint density at radius 2 is 1.00 bits per heavy atom. The highest BCUT2D eigenvalue weighted by molar-refractivity contribution is 6.03. The van der Waals surface area contributed by atoms with Gasteiger partial charge in [-0.05, 0) is 52.7 Å². The molecule has 0 aliphatic rings. The Morgan fingerprint density at radius 1 is 0.636 bits per heavy atom. The smallest absolute Gasteiger partial charge is 0.0674 e. The molecule has 0 atom stereocenters. The average Bonchev–Trinajstić information content (AvgIpc) is 2.44. The third-order valence-corrected chi connectivity index (χ3v) is 3.89. The highest BCUT2D eigenvalue weighted by Gasteiger charge is 2.04. The Morgan fingerprint density at radius 3 is 1.32 bits per heavy atom. The van der Waals surface area contributed by atoms with Crippen LogP contribution in [0.5, 0.6) is 0 Å². The first-order valence-corrected chi connectivity index (χ1v) is 7.62. The molecule has 0 heterocycles. The summed E-state index contributed by atoms with van der Waals surface area (Å²) in [6.45, 7) is 12.5. The van der Waals surface area contributed by atoms with Gasteiger partial charge in [0.15, 0.2) is 0 Å². The molecule has 22 heavy (non-hydrogen) atoms. The van der Waals surface area contributed by atoms with Crippen molar-refractivity contribution in [3.8, 4) is 0 Å². The maximum atomic E-state index is 4.43. The molecule has 2 heteroatoms. The lowest BCUT2D eigenvalue weighted by atomic mass is 10.0. The predicted octanol–water partition coefficient (Wildman–Crippen LogP) is 5.15. The van der Waals surface area contributed by atoms with Gasteiger partial charge in [0.1, 0.15) is 0 Å². The van der Waals surface area contributed by atoms with Crippen molar-refractivity contribution in [2.75, 3.05) is 0 Å². The van der Waals surface area contributed by atoms with Gasteiger partial charge in [-0.1, -0.05) is 47.5 Å². The highest BCUT2D eigenvalue weighted by atomic mass is 15.2. The van der Waals surface area contributed by atoms with Crippen LogP contribution >= 0.6 is 0 Å². The molecule has 0 aliphatic carbocycles. The van der Waals surface area contributed by atoms with E-state index >= 15 is 0 Å². The van der Waals surface area contributed by atoms with Gasteiger partial charge in [0, 0.05) is 11.1 Å². The fraction of sp³-hybridized carbons (Fsp3) is 0.300. The largest absolute Gasteiger partial charge is 0.155 e. The maximum Gasteiger partial charge on any atom is 0.0674 e. The zero-order valence-electron chi connectivity index (χ0n) is 14.4. The minimum Gasteiger partial charge on any atom is -0.155 e. The van der Waals surface area contributed by atoms with Crippen LogP contribution in [0.4, 0.5) is 0 Å². The van der Waals surface area contributed by atoms with Crippen molar-refractivity contribution in [2.45, 2.75) is 41.5 Å². The first-order valence-electron chi connectivity index (χ1n) is 7.62. The summed E-state index contributed by atoms with van der Waals surface area (Å²) in [6, 6.07) is 12.8. The minimum atomic E-state index is 0.946. The molecule has 114 valence electrons. The van der Waals surface area contributed by atoms with Crippen molar-refractivity contribution in [2.24, 2.45) is 10.2 Å². The summed E-state index contributed by atoms with van der Waals surface area (Å²) >= 11 is 0. The van der Waals surface area contributed by atoms with Crippen LogP contribution in [-0.4, -0.2) is 11.4 Å². The molecule has 0 fully saturated rings. The normalized spacial score (nSPS) is 12.6. The summed E-state index contributed by atoms with van der Waals surface area (Å²) < 4.78 is 0. The van der Waals surface area contributed by atoms with Gasteiger partial charge >= 0.3 is 0 Å². The molecule has 2 nitrogen and oxygen atoms in total. The van der Waals surface area contributed by atoms with Crippen LogP contribution in [0, 0.1) is 27.7 Å². The Balaban J connectivity index is 2.32. The first-order chi connectivity index (χ1) is 10.4. The molecule has 0 aromatic heterocycles. The Kier molecular flexibility index (Phi) is 4.92. The topological polar surface area (TPSA) is 24.7 Å². The predicted molar refractivity (Wildman–Crippen MR) is 96.3 cm³/mol. The quantitative estimate of drug-likeness (QED) is 0.552. The molecule has 0 aliphatic heterocycles. The SMILES string of the molecule is C/C(=N\N=C(/C)c1ccc(C)cc1C)c1ccc(C)cc1C. The van der Waals surface area contributed by atoms with E-state index in [0.29, 0.717) is 0 Å². The molecule has 0 N–H and O–H groups in total. The summed E-state index contributed by atoms with van der Waals surface area (Å²) in [4.78, 5) is 0. The van der Waals surface area contributed by atoms with E-state index in [-0.39, 0.29) is 0 Å². The molecular formula is C20H24N2. The van der Waals surface area contributed by atoms with Crippen LogP contribution in [0.3, 0.4) is 0 Å². The summed E-state index contributed by atoms with van der Waals surface area (Å²) in [6.07, 6.45) is 0. The Bertz CT molecular complexity index is 687. The van der Waals surface area contributed by atoms with E-state index < -0.39 is 0 Å². The molecule has 0 bridgehead atoms. The third kappa shape index (κ3) is 3.70. The van der Waals surface area contributed by atoms with Crippen molar-refractivity contribution in [3.05, 3.63) is 69.8 Å². The molecule has 0 saturated heterocycles.